The van der Waals surface area contributed by atoms with Gasteiger partial charge >= 0.3 is 6.03 Å². The van der Waals surface area contributed by atoms with Crippen LogP contribution in [0.15, 0.2) is 54.6 Å². The second kappa shape index (κ2) is 7.11. The Balaban J connectivity index is 1.50. The molecule has 1 fully saturated rings. The Kier molecular flexibility index (Phi) is 4.63. The molecule has 1 spiro atoms. The molecule has 1 aliphatic carbocycles. The third-order valence-electron chi connectivity index (χ3n) is 5.63. The van der Waals surface area contributed by atoms with E-state index in [2.05, 4.69) is 10.6 Å². The number of hydrogen-bond acceptors (Lipinski definition) is 3. The maximum atomic E-state index is 13.2. The van der Waals surface area contributed by atoms with Gasteiger partial charge in [-0.15, -0.1) is 0 Å². The van der Waals surface area contributed by atoms with Gasteiger partial charge in [0, 0.05) is 0 Å². The average molecular weight is 377 g/mol. The van der Waals surface area contributed by atoms with Crippen molar-refractivity contribution in [3.05, 3.63) is 71.3 Å². The minimum atomic E-state index is -1.04. The highest BCUT2D eigenvalue weighted by molar-refractivity contribution is 6.09. The van der Waals surface area contributed by atoms with Gasteiger partial charge in [0.2, 0.25) is 5.91 Å². The fourth-order valence-corrected chi connectivity index (χ4v) is 4.21. The fourth-order valence-electron chi connectivity index (χ4n) is 4.21. The van der Waals surface area contributed by atoms with E-state index in [-0.39, 0.29) is 24.4 Å². The largest absolute Gasteiger partial charge is 0.348 e. The van der Waals surface area contributed by atoms with E-state index < -0.39 is 11.6 Å². The number of aryl methyl sites for hydroxylation is 1. The molecule has 144 valence electrons. The SMILES string of the molecule is C[C@@H](NC(=O)CN1C(=O)N[C@]2(CCCc3ccccc32)C1=O)c1ccccc1. The lowest BCUT2D eigenvalue weighted by Crippen LogP contribution is -2.47. The highest BCUT2D eigenvalue weighted by atomic mass is 16.2. The second-order valence-corrected chi connectivity index (χ2v) is 7.44. The van der Waals surface area contributed by atoms with Crippen LogP contribution in [0.4, 0.5) is 4.79 Å². The standard InChI is InChI=1S/C22H23N3O3/c1-15(16-8-3-2-4-9-16)23-19(26)14-25-20(27)22(24-21(25)28)13-7-11-17-10-5-6-12-18(17)22/h2-6,8-10,12,15H,7,11,13-14H2,1H3,(H,23,26)(H,24,28)/t15-,22+/m1/s1. The zero-order valence-corrected chi connectivity index (χ0v) is 15.8. The van der Waals surface area contributed by atoms with Crippen molar-refractivity contribution in [2.75, 3.05) is 6.54 Å². The Bertz CT molecular complexity index is 928. The molecule has 1 heterocycles. The van der Waals surface area contributed by atoms with Crippen molar-refractivity contribution in [2.24, 2.45) is 0 Å². The summed E-state index contributed by atoms with van der Waals surface area (Å²) in [5, 5.41) is 5.73. The second-order valence-electron chi connectivity index (χ2n) is 7.44. The van der Waals surface area contributed by atoms with E-state index in [0.717, 1.165) is 34.4 Å². The average Bonchev–Trinajstić information content (AvgIpc) is 2.94. The number of carbonyl (C=O) groups is 3. The molecular formula is C22H23N3O3. The summed E-state index contributed by atoms with van der Waals surface area (Å²) in [5.41, 5.74) is 1.84. The van der Waals surface area contributed by atoms with Crippen LogP contribution < -0.4 is 10.6 Å². The van der Waals surface area contributed by atoms with Gasteiger partial charge in [-0.25, -0.2) is 4.79 Å². The number of nitrogens with one attached hydrogen (secondary N) is 2. The van der Waals surface area contributed by atoms with Crippen LogP contribution >= 0.6 is 0 Å². The van der Waals surface area contributed by atoms with Gasteiger partial charge in [-0.3, -0.25) is 14.5 Å². The molecule has 4 amide bonds. The first kappa shape index (κ1) is 18.2. The van der Waals surface area contributed by atoms with Crippen molar-refractivity contribution in [3.63, 3.8) is 0 Å². The molecule has 0 aromatic heterocycles. The number of rotatable bonds is 4. The van der Waals surface area contributed by atoms with Gasteiger partial charge in [0.05, 0.1) is 6.04 Å². The maximum absolute atomic E-state index is 13.2. The molecular weight excluding hydrogens is 354 g/mol. The summed E-state index contributed by atoms with van der Waals surface area (Å²) >= 11 is 0. The minimum absolute atomic E-state index is 0.209. The molecule has 2 aliphatic rings. The molecule has 4 rings (SSSR count). The van der Waals surface area contributed by atoms with Gasteiger partial charge in [-0.1, -0.05) is 54.6 Å². The maximum Gasteiger partial charge on any atom is 0.325 e. The molecule has 2 N–H and O–H groups in total. The van der Waals surface area contributed by atoms with Gasteiger partial charge < -0.3 is 10.6 Å². The molecule has 0 radical (unpaired) electrons. The van der Waals surface area contributed by atoms with Crippen molar-refractivity contribution in [3.8, 4) is 0 Å². The van der Waals surface area contributed by atoms with Crippen LogP contribution in [-0.4, -0.2) is 29.3 Å². The van der Waals surface area contributed by atoms with E-state index in [9.17, 15) is 14.4 Å². The summed E-state index contributed by atoms with van der Waals surface area (Å²) in [6.07, 6.45) is 2.25. The first-order valence-corrected chi connectivity index (χ1v) is 9.58. The Hall–Kier alpha value is -3.15. The van der Waals surface area contributed by atoms with E-state index in [1.807, 2.05) is 61.5 Å². The van der Waals surface area contributed by atoms with Gasteiger partial charge in [-0.05, 0) is 42.9 Å². The Labute approximate surface area is 163 Å². The summed E-state index contributed by atoms with van der Waals surface area (Å²) in [6.45, 7) is 1.59. The normalized spacial score (nSPS) is 22.0. The molecule has 0 saturated carbocycles. The topological polar surface area (TPSA) is 78.5 Å². The summed E-state index contributed by atoms with van der Waals surface area (Å²) in [6, 6.07) is 16.5. The number of fused-ring (bicyclic) bond motifs is 2. The van der Waals surface area contributed by atoms with Crippen LogP contribution in [0, 0.1) is 0 Å². The lowest BCUT2D eigenvalue weighted by atomic mass is 9.76. The first-order chi connectivity index (χ1) is 13.5. The molecule has 28 heavy (non-hydrogen) atoms. The number of imide groups is 1. The third kappa shape index (κ3) is 3.05. The predicted octanol–water partition coefficient (Wildman–Crippen LogP) is 2.65. The zero-order valence-electron chi connectivity index (χ0n) is 15.8. The number of amides is 4. The summed E-state index contributed by atoms with van der Waals surface area (Å²) < 4.78 is 0. The smallest absolute Gasteiger partial charge is 0.325 e. The highest BCUT2D eigenvalue weighted by Crippen LogP contribution is 2.39. The van der Waals surface area contributed by atoms with Gasteiger partial charge in [0.25, 0.3) is 5.91 Å². The zero-order chi connectivity index (χ0) is 19.7. The van der Waals surface area contributed by atoms with Gasteiger partial charge in [0.15, 0.2) is 0 Å². The van der Waals surface area contributed by atoms with Crippen LogP contribution in [0.2, 0.25) is 0 Å². The van der Waals surface area contributed by atoms with Crippen molar-refractivity contribution in [2.45, 2.75) is 37.8 Å². The van der Waals surface area contributed by atoms with Crippen molar-refractivity contribution >= 4 is 17.8 Å². The number of hydrogen-bond donors (Lipinski definition) is 2. The number of nitrogens with zero attached hydrogens (tertiary/aromatic N) is 1. The Morgan fingerprint density at radius 3 is 2.64 bits per heavy atom. The third-order valence-corrected chi connectivity index (χ3v) is 5.63. The molecule has 2 aromatic carbocycles. The van der Waals surface area contributed by atoms with Crippen molar-refractivity contribution < 1.29 is 14.4 Å². The lowest BCUT2D eigenvalue weighted by molar-refractivity contribution is -0.135. The highest BCUT2D eigenvalue weighted by Gasteiger charge is 2.54. The van der Waals surface area contributed by atoms with Crippen LogP contribution in [0.5, 0.6) is 0 Å². The van der Waals surface area contributed by atoms with Gasteiger partial charge in [-0.2, -0.15) is 0 Å². The van der Waals surface area contributed by atoms with E-state index in [4.69, 9.17) is 0 Å². The van der Waals surface area contributed by atoms with Crippen LogP contribution in [0.3, 0.4) is 0 Å². The molecule has 0 unspecified atom stereocenters. The van der Waals surface area contributed by atoms with Crippen LogP contribution in [-0.2, 0) is 21.5 Å². The number of urea groups is 1. The molecule has 0 bridgehead atoms. The molecule has 6 heteroatoms. The van der Waals surface area contributed by atoms with E-state index in [1.54, 1.807) is 0 Å². The molecule has 1 aliphatic heterocycles. The minimum Gasteiger partial charge on any atom is -0.348 e. The van der Waals surface area contributed by atoms with Crippen molar-refractivity contribution in [1.82, 2.24) is 15.5 Å². The van der Waals surface area contributed by atoms with E-state index in [0.29, 0.717) is 6.42 Å². The monoisotopic (exact) mass is 377 g/mol. The summed E-state index contributed by atoms with van der Waals surface area (Å²) in [7, 11) is 0. The van der Waals surface area contributed by atoms with Crippen molar-refractivity contribution in [1.29, 1.82) is 0 Å². The molecule has 6 nitrogen and oxygen atoms in total. The van der Waals surface area contributed by atoms with E-state index >= 15 is 0 Å². The number of benzene rings is 2. The first-order valence-electron chi connectivity index (χ1n) is 9.58. The molecule has 2 atom stereocenters. The Morgan fingerprint density at radius 1 is 1.14 bits per heavy atom. The van der Waals surface area contributed by atoms with Gasteiger partial charge in [0.1, 0.15) is 12.1 Å². The quantitative estimate of drug-likeness (QED) is 0.804. The predicted molar refractivity (Wildman–Crippen MR) is 104 cm³/mol. The summed E-state index contributed by atoms with van der Waals surface area (Å²) in [5.74, 6) is -0.701. The fraction of sp³-hybridized carbons (Fsp3) is 0.318. The lowest BCUT2D eigenvalue weighted by Gasteiger charge is -2.33. The molecule has 2 aromatic rings. The Morgan fingerprint density at radius 2 is 1.86 bits per heavy atom. The van der Waals surface area contributed by atoms with Crippen LogP contribution in [0.25, 0.3) is 0 Å². The van der Waals surface area contributed by atoms with Crippen LogP contribution in [0.1, 0.15) is 42.5 Å². The molecule has 1 saturated heterocycles. The van der Waals surface area contributed by atoms with E-state index in [1.165, 1.54) is 0 Å². The summed E-state index contributed by atoms with van der Waals surface area (Å²) in [4.78, 5) is 39.3. The number of carbonyl (C=O) groups excluding carboxylic acids is 3.